The molecule has 4 heteroatoms. The van der Waals surface area contributed by atoms with Crippen LogP contribution in [0.3, 0.4) is 0 Å². The monoisotopic (exact) mass is 326 g/mol. The molecule has 0 saturated carbocycles. The number of ether oxygens (including phenoxy) is 1. The number of halogens is 1. The van der Waals surface area contributed by atoms with Crippen molar-refractivity contribution in [2.24, 2.45) is 0 Å². The second-order valence-electron chi connectivity index (χ2n) is 5.10. The Morgan fingerprint density at radius 3 is 2.89 bits per heavy atom. The first-order valence-electron chi connectivity index (χ1n) is 6.91. The van der Waals surface area contributed by atoms with Gasteiger partial charge in [-0.2, -0.15) is 0 Å². The SMILES string of the molecule is CNC(CCN1CCC(OC)C1)c1ccccc1Br. The van der Waals surface area contributed by atoms with Crippen LogP contribution in [-0.4, -0.2) is 44.8 Å². The molecule has 0 aliphatic carbocycles. The van der Waals surface area contributed by atoms with Crippen molar-refractivity contribution in [3.63, 3.8) is 0 Å². The number of hydrogen-bond donors (Lipinski definition) is 1. The van der Waals surface area contributed by atoms with Gasteiger partial charge in [0.25, 0.3) is 0 Å². The molecule has 0 bridgehead atoms. The van der Waals surface area contributed by atoms with Crippen molar-refractivity contribution in [2.45, 2.75) is 25.0 Å². The summed E-state index contributed by atoms with van der Waals surface area (Å²) < 4.78 is 6.60. The average molecular weight is 327 g/mol. The first-order chi connectivity index (χ1) is 9.24. The van der Waals surface area contributed by atoms with Crippen molar-refractivity contribution in [3.8, 4) is 0 Å². The topological polar surface area (TPSA) is 24.5 Å². The van der Waals surface area contributed by atoms with Gasteiger partial charge in [0.15, 0.2) is 0 Å². The Balaban J connectivity index is 1.88. The maximum Gasteiger partial charge on any atom is 0.0710 e. The summed E-state index contributed by atoms with van der Waals surface area (Å²) in [6.07, 6.45) is 2.71. The Hall–Kier alpha value is -0.420. The zero-order valence-electron chi connectivity index (χ0n) is 11.7. The second-order valence-corrected chi connectivity index (χ2v) is 5.95. The lowest BCUT2D eigenvalue weighted by Gasteiger charge is -2.22. The zero-order chi connectivity index (χ0) is 13.7. The molecule has 2 atom stereocenters. The van der Waals surface area contributed by atoms with Gasteiger partial charge in [0.1, 0.15) is 0 Å². The van der Waals surface area contributed by atoms with E-state index >= 15 is 0 Å². The molecule has 19 heavy (non-hydrogen) atoms. The minimum absolute atomic E-state index is 0.400. The lowest BCUT2D eigenvalue weighted by atomic mass is 10.0. The highest BCUT2D eigenvalue weighted by Gasteiger charge is 2.22. The van der Waals surface area contributed by atoms with Crippen LogP contribution in [0.1, 0.15) is 24.4 Å². The normalized spacial score (nSPS) is 21.7. The van der Waals surface area contributed by atoms with Gasteiger partial charge in [-0.05, 0) is 31.5 Å². The number of likely N-dealkylation sites (tertiary alicyclic amines) is 1. The Bertz CT molecular complexity index is 399. The van der Waals surface area contributed by atoms with Crippen molar-refractivity contribution < 1.29 is 4.74 Å². The van der Waals surface area contributed by atoms with Gasteiger partial charge in [-0.15, -0.1) is 0 Å². The van der Waals surface area contributed by atoms with Gasteiger partial charge in [-0.25, -0.2) is 0 Å². The van der Waals surface area contributed by atoms with Crippen LogP contribution in [0.5, 0.6) is 0 Å². The van der Waals surface area contributed by atoms with Gasteiger partial charge in [-0.1, -0.05) is 34.1 Å². The van der Waals surface area contributed by atoms with Crippen LogP contribution in [0.15, 0.2) is 28.7 Å². The molecule has 1 heterocycles. The molecule has 106 valence electrons. The van der Waals surface area contributed by atoms with Gasteiger partial charge in [0.2, 0.25) is 0 Å². The van der Waals surface area contributed by atoms with E-state index in [9.17, 15) is 0 Å². The van der Waals surface area contributed by atoms with E-state index in [1.54, 1.807) is 0 Å². The summed E-state index contributed by atoms with van der Waals surface area (Å²) in [5.74, 6) is 0. The van der Waals surface area contributed by atoms with E-state index in [0.29, 0.717) is 12.1 Å². The summed E-state index contributed by atoms with van der Waals surface area (Å²) in [5, 5.41) is 3.42. The number of benzene rings is 1. The molecule has 1 aromatic carbocycles. The highest BCUT2D eigenvalue weighted by molar-refractivity contribution is 9.10. The molecule has 0 amide bonds. The van der Waals surface area contributed by atoms with Crippen molar-refractivity contribution in [1.82, 2.24) is 10.2 Å². The fourth-order valence-corrected chi connectivity index (χ4v) is 3.28. The number of rotatable bonds is 6. The van der Waals surface area contributed by atoms with Gasteiger partial charge in [0.05, 0.1) is 6.10 Å². The van der Waals surface area contributed by atoms with Crippen molar-refractivity contribution in [1.29, 1.82) is 0 Å². The highest BCUT2D eigenvalue weighted by atomic mass is 79.9. The maximum atomic E-state index is 5.41. The fraction of sp³-hybridized carbons (Fsp3) is 0.600. The van der Waals surface area contributed by atoms with E-state index in [-0.39, 0.29) is 0 Å². The maximum absolute atomic E-state index is 5.41. The van der Waals surface area contributed by atoms with Crippen LogP contribution in [0.25, 0.3) is 0 Å². The third kappa shape index (κ3) is 4.02. The molecule has 1 saturated heterocycles. The van der Waals surface area contributed by atoms with Crippen LogP contribution < -0.4 is 5.32 Å². The van der Waals surface area contributed by atoms with Crippen molar-refractivity contribution in [2.75, 3.05) is 33.8 Å². The first kappa shape index (κ1) is 15.0. The molecular formula is C15H23BrN2O. The van der Waals surface area contributed by atoms with E-state index in [1.807, 2.05) is 14.2 Å². The summed E-state index contributed by atoms with van der Waals surface area (Å²) in [6, 6.07) is 8.85. The number of hydrogen-bond acceptors (Lipinski definition) is 3. The molecule has 3 nitrogen and oxygen atoms in total. The summed E-state index contributed by atoms with van der Waals surface area (Å²) in [7, 11) is 3.84. The number of methoxy groups -OCH3 is 1. The average Bonchev–Trinajstić information content (AvgIpc) is 2.89. The van der Waals surface area contributed by atoms with E-state index in [0.717, 1.165) is 32.5 Å². The molecule has 0 spiro atoms. The lowest BCUT2D eigenvalue weighted by Crippen LogP contribution is -2.28. The summed E-state index contributed by atoms with van der Waals surface area (Å²) >= 11 is 3.64. The molecule has 1 aromatic rings. The second kappa shape index (κ2) is 7.39. The van der Waals surface area contributed by atoms with Crippen molar-refractivity contribution >= 4 is 15.9 Å². The van der Waals surface area contributed by atoms with Crippen LogP contribution >= 0.6 is 15.9 Å². The molecule has 1 aliphatic heterocycles. The predicted octanol–water partition coefficient (Wildman–Crippen LogP) is 2.82. The summed E-state index contributed by atoms with van der Waals surface area (Å²) in [6.45, 7) is 3.35. The highest BCUT2D eigenvalue weighted by Crippen LogP contribution is 2.26. The Morgan fingerprint density at radius 1 is 1.47 bits per heavy atom. The molecule has 1 aliphatic rings. The Morgan fingerprint density at radius 2 is 2.26 bits per heavy atom. The molecular weight excluding hydrogens is 304 g/mol. The Kier molecular flexibility index (Phi) is 5.82. The van der Waals surface area contributed by atoms with Crippen LogP contribution in [0, 0.1) is 0 Å². The van der Waals surface area contributed by atoms with Gasteiger partial charge in [-0.3, -0.25) is 0 Å². The smallest absolute Gasteiger partial charge is 0.0710 e. The van der Waals surface area contributed by atoms with Crippen LogP contribution in [0.2, 0.25) is 0 Å². The quantitative estimate of drug-likeness (QED) is 0.870. The predicted molar refractivity (Wildman–Crippen MR) is 82.4 cm³/mol. The minimum atomic E-state index is 0.400. The summed E-state index contributed by atoms with van der Waals surface area (Å²) in [4.78, 5) is 2.50. The van der Waals surface area contributed by atoms with E-state index in [4.69, 9.17) is 4.74 Å². The van der Waals surface area contributed by atoms with Crippen LogP contribution in [-0.2, 0) is 4.74 Å². The molecule has 2 unspecified atom stereocenters. The third-order valence-electron chi connectivity index (χ3n) is 3.93. The third-order valence-corrected chi connectivity index (χ3v) is 4.65. The molecule has 1 fully saturated rings. The van der Waals surface area contributed by atoms with Gasteiger partial charge in [0, 0.05) is 37.3 Å². The molecule has 2 rings (SSSR count). The van der Waals surface area contributed by atoms with E-state index in [2.05, 4.69) is 50.4 Å². The fourth-order valence-electron chi connectivity index (χ4n) is 2.72. The zero-order valence-corrected chi connectivity index (χ0v) is 13.3. The minimum Gasteiger partial charge on any atom is -0.380 e. The van der Waals surface area contributed by atoms with E-state index in [1.165, 1.54) is 10.0 Å². The molecule has 1 N–H and O–H groups in total. The number of nitrogens with zero attached hydrogens (tertiary/aromatic N) is 1. The van der Waals surface area contributed by atoms with Crippen LogP contribution in [0.4, 0.5) is 0 Å². The Labute approximate surface area is 124 Å². The standard InChI is InChI=1S/C15H23BrN2O/c1-17-15(13-5-3-4-6-14(13)16)8-10-18-9-7-12(11-18)19-2/h3-6,12,15,17H,7-11H2,1-2H3. The van der Waals surface area contributed by atoms with Gasteiger partial charge < -0.3 is 15.0 Å². The largest absolute Gasteiger partial charge is 0.380 e. The lowest BCUT2D eigenvalue weighted by molar-refractivity contribution is 0.107. The number of nitrogens with one attached hydrogen (secondary N) is 1. The first-order valence-corrected chi connectivity index (χ1v) is 7.70. The van der Waals surface area contributed by atoms with Crippen molar-refractivity contribution in [3.05, 3.63) is 34.3 Å². The molecule has 0 aromatic heterocycles. The van der Waals surface area contributed by atoms with Gasteiger partial charge >= 0.3 is 0 Å². The summed E-state index contributed by atoms with van der Waals surface area (Å²) in [5.41, 5.74) is 1.34. The van der Waals surface area contributed by atoms with E-state index < -0.39 is 0 Å². The molecule has 0 radical (unpaired) electrons.